The highest BCUT2D eigenvalue weighted by Gasteiger charge is 2.60. The molecule has 48 nitrogen and oxygen atoms in total. The molecule has 0 aromatic heterocycles. The second kappa shape index (κ2) is 39.5. The molecule has 19 unspecified atom stereocenters. The van der Waals surface area contributed by atoms with Crippen LogP contribution in [0.15, 0.2) is 0 Å². The van der Waals surface area contributed by atoms with Gasteiger partial charge in [-0.05, 0) is 6.92 Å². The lowest BCUT2D eigenvalue weighted by molar-refractivity contribution is -0.399. The fraction of sp³-hybridized carbons (Fsp3) is 0.966. The summed E-state index contributed by atoms with van der Waals surface area (Å²) in [5, 5.41) is 302. The number of amides is 2. The first-order valence-corrected chi connectivity index (χ1v) is 34.0. The summed E-state index contributed by atoms with van der Waals surface area (Å²) in [6.07, 6.45) is -82.8. The normalized spacial score (nSPS) is 50.6. The summed E-state index contributed by atoms with van der Waals surface area (Å²) in [5.41, 5.74) is 0. The van der Waals surface area contributed by atoms with Crippen LogP contribution in [0.5, 0.6) is 0 Å². The highest BCUT2D eigenvalue weighted by molar-refractivity contribution is 5.73. The Morgan fingerprint density at radius 3 is 1.00 bits per heavy atom. The van der Waals surface area contributed by atoms with Crippen molar-refractivity contribution in [1.82, 2.24) is 10.6 Å². The largest absolute Gasteiger partial charge is 0.394 e. The van der Waals surface area contributed by atoms with Gasteiger partial charge in [0.1, 0.15) is 220 Å². The Morgan fingerprint density at radius 1 is 0.262 bits per heavy atom. The van der Waals surface area contributed by atoms with Crippen molar-refractivity contribution in [2.45, 2.75) is 297 Å². The second-order valence-electron chi connectivity index (χ2n) is 27.0. The number of aliphatic hydroxyl groups is 28. The molecule has 107 heavy (non-hydrogen) atoms. The van der Waals surface area contributed by atoms with Gasteiger partial charge in [-0.25, -0.2) is 0 Å². The molecule has 0 radical (unpaired) electrons. The second-order valence-corrected chi connectivity index (χ2v) is 27.0. The molecule has 48 heteroatoms. The number of hydrogen-bond acceptors (Lipinski definition) is 46. The van der Waals surface area contributed by atoms with Crippen LogP contribution in [0.4, 0.5) is 0 Å². The summed E-state index contributed by atoms with van der Waals surface area (Å²) >= 11 is 0. The molecule has 0 aromatic carbocycles. The molecule has 0 aromatic rings. The van der Waals surface area contributed by atoms with Gasteiger partial charge in [0.05, 0.1) is 65.6 Å². The molecule has 9 heterocycles. The maximum absolute atomic E-state index is 12.8. The van der Waals surface area contributed by atoms with Crippen molar-refractivity contribution >= 4 is 11.8 Å². The van der Waals surface area contributed by atoms with Gasteiger partial charge in [0, 0.05) is 13.8 Å². The van der Waals surface area contributed by atoms with E-state index in [4.69, 9.17) is 80.9 Å². The van der Waals surface area contributed by atoms with Crippen LogP contribution < -0.4 is 10.6 Å². The number of ether oxygens (including phenoxy) is 16. The zero-order chi connectivity index (χ0) is 79.2. The van der Waals surface area contributed by atoms with E-state index in [1.54, 1.807) is 6.92 Å². The number of hydrogen-bond donors (Lipinski definition) is 30. The summed E-state index contributed by atoms with van der Waals surface area (Å²) in [6, 6.07) is -3.49. The fourth-order valence-corrected chi connectivity index (χ4v) is 13.3. The minimum Gasteiger partial charge on any atom is -0.394 e. The summed E-state index contributed by atoms with van der Waals surface area (Å²) < 4.78 is 91.6. The zero-order valence-electron chi connectivity index (χ0n) is 57.2. The molecule has 2 amide bonds. The van der Waals surface area contributed by atoms with Gasteiger partial charge < -0.3 is 229 Å². The Kier molecular flexibility index (Phi) is 33.1. The van der Waals surface area contributed by atoms with E-state index in [0.717, 1.165) is 13.8 Å². The monoisotopic (exact) mass is 1570 g/mol. The summed E-state index contributed by atoms with van der Waals surface area (Å²) in [5.74, 6) is -1.68. The molecule has 9 rings (SSSR count). The van der Waals surface area contributed by atoms with Crippen molar-refractivity contribution < 1.29 is 228 Å². The van der Waals surface area contributed by atoms with Gasteiger partial charge in [-0.3, -0.25) is 9.59 Å². The molecule has 45 atom stereocenters. The highest BCUT2D eigenvalue weighted by atomic mass is 16.8. The van der Waals surface area contributed by atoms with E-state index in [1.165, 1.54) is 0 Å². The van der Waals surface area contributed by atoms with Crippen LogP contribution >= 0.6 is 0 Å². The lowest BCUT2D eigenvalue weighted by Gasteiger charge is -2.50. The third kappa shape index (κ3) is 20.1. The first-order valence-electron chi connectivity index (χ1n) is 34.0. The van der Waals surface area contributed by atoms with Crippen molar-refractivity contribution in [1.29, 1.82) is 0 Å². The average molecular weight is 1580 g/mol. The van der Waals surface area contributed by atoms with Crippen molar-refractivity contribution in [3.05, 3.63) is 0 Å². The van der Waals surface area contributed by atoms with Gasteiger partial charge in [-0.2, -0.15) is 0 Å². The maximum Gasteiger partial charge on any atom is 0.217 e. The number of carbonyl (C=O) groups is 2. The Hall–Kier alpha value is -2.82. The van der Waals surface area contributed by atoms with Gasteiger partial charge in [-0.1, -0.05) is 0 Å². The third-order valence-corrected chi connectivity index (χ3v) is 19.6. The SMILES string of the molecule is CC(=O)NC1C(O)OC(CO)[C@@H](O[C@@H]2OC(CO)[C@@H](O[C@@H]3OC(CO[C@H]4OC(CO[C@H]5OC(CO)[C@@H](O)[C@H](O)C5O)[C@@H](O)[C@H](O[C@H]5OC(CO)[C@@H](O)[C@H](O)C5O)C4O)[C@@H](O)[C@H](O[C@H]4OC(CO)[C@@H](O)[C@H](O)C4O[C@H]4OC(CO)[C@@H](O)[C@H](O)C4O)C3O)[C@H](O)C2NC(C)=O)[C@@H]1O.C[C@H]1OC(CO)[C@@H](O)[C@H](O)C1O. The quantitative estimate of drug-likeness (QED) is 0.0404. The lowest BCUT2D eigenvalue weighted by Crippen LogP contribution is -2.70. The molecule has 624 valence electrons. The zero-order valence-corrected chi connectivity index (χ0v) is 57.2. The van der Waals surface area contributed by atoms with Gasteiger partial charge in [0.2, 0.25) is 11.8 Å². The summed E-state index contributed by atoms with van der Waals surface area (Å²) in [6.45, 7) is -5.05. The van der Waals surface area contributed by atoms with E-state index in [9.17, 15) is 147 Å². The van der Waals surface area contributed by atoms with Crippen LogP contribution in [0, 0.1) is 0 Å². The molecule has 9 aliphatic rings. The first-order chi connectivity index (χ1) is 50.5. The van der Waals surface area contributed by atoms with Crippen molar-refractivity contribution in [3.8, 4) is 0 Å². The minimum absolute atomic E-state index is 0.366. The number of nitrogens with one attached hydrogen (secondary N) is 2. The predicted octanol–water partition coefficient (Wildman–Crippen LogP) is -20.3. The van der Waals surface area contributed by atoms with Gasteiger partial charge in [-0.15, -0.1) is 0 Å². The van der Waals surface area contributed by atoms with E-state index < -0.39 is 341 Å². The topological polar surface area (TPSA) is 772 Å². The third-order valence-electron chi connectivity index (χ3n) is 19.6. The molecule has 9 fully saturated rings. The Labute approximate surface area is 605 Å². The molecule has 9 saturated heterocycles. The Balaban J connectivity index is 0.00000109. The minimum atomic E-state index is -2.49. The van der Waals surface area contributed by atoms with Crippen LogP contribution in [0.25, 0.3) is 0 Å². The van der Waals surface area contributed by atoms with E-state index in [-0.39, 0.29) is 6.61 Å². The fourth-order valence-electron chi connectivity index (χ4n) is 13.3. The predicted molar refractivity (Wildman–Crippen MR) is 327 cm³/mol. The van der Waals surface area contributed by atoms with Crippen LogP contribution in [0.1, 0.15) is 20.8 Å². The summed E-state index contributed by atoms with van der Waals surface area (Å²) in [4.78, 5) is 24.9. The smallest absolute Gasteiger partial charge is 0.217 e. The Morgan fingerprint density at radius 2 is 0.551 bits per heavy atom. The number of aliphatic hydroxyl groups excluding tert-OH is 28. The summed E-state index contributed by atoms with van der Waals surface area (Å²) in [7, 11) is 0. The average Bonchev–Trinajstić information content (AvgIpc) is 0.764. The van der Waals surface area contributed by atoms with Crippen LogP contribution in [0.3, 0.4) is 0 Å². The number of rotatable bonds is 25. The number of carbonyl (C=O) groups excluding carboxylic acids is 2. The molecule has 9 aliphatic heterocycles. The van der Waals surface area contributed by atoms with Crippen molar-refractivity contribution in [3.63, 3.8) is 0 Å². The van der Waals surface area contributed by atoms with E-state index in [0.29, 0.717) is 0 Å². The molecule has 0 bridgehead atoms. The lowest BCUT2D eigenvalue weighted by atomic mass is 9.94. The van der Waals surface area contributed by atoms with E-state index in [1.807, 2.05) is 0 Å². The Bertz CT molecular complexity index is 2690. The van der Waals surface area contributed by atoms with Crippen molar-refractivity contribution in [2.75, 3.05) is 59.5 Å². The van der Waals surface area contributed by atoms with Crippen LogP contribution in [0.2, 0.25) is 0 Å². The van der Waals surface area contributed by atoms with E-state index >= 15 is 0 Å². The first kappa shape index (κ1) is 89.7. The maximum atomic E-state index is 12.8. The molecular formula is C59H102N2O46. The standard InChI is InChI=1S/C52H88N2O41.C7H14O5/c1-11(61)53-21-29(69)40(17(7-59)83-45(21)80)91-46-22(54-12(2)62)30(70)41(18(8-60)88-46)92-51-39(79)43(94-52-44(34(74)26(66)16(6-58)87-52)95-50-37(77)33(73)25(65)15(5-57)86-50)28(68)20(90-51)10-82-48-38(78)42(93-49-36(76)32(72)24(64)14(4-56)85-49)27(67)19(89-48)9-81-47-35(75)31(71)23(63)13(3-55)84-47;1-3-5(9)7(11)6(10)4(2-8)12-3/h13-52,55-60,63-80H,3-10H2,1-2H3,(H,53,61)(H,54,62);3-11H,2H2,1H3/t13?,14?,15?,16?,17?,18?,19?,20?,21?,22?,23-,24-,25-,26-,27-,28-,29-,30-,31+,32+,33+,34+,35?,36?,37?,38?,39?,40-,41-,42+,43+,44?,45?,46+,47+,48+,49-,50-,51+,52-;3-,4?,5?,6-,7-/m11/s1. The molecule has 0 aliphatic carbocycles. The van der Waals surface area contributed by atoms with Crippen molar-refractivity contribution in [2.24, 2.45) is 0 Å². The van der Waals surface area contributed by atoms with Gasteiger partial charge in [0.15, 0.2) is 50.3 Å². The highest BCUT2D eigenvalue weighted by Crippen LogP contribution is 2.39. The molecule has 0 saturated carbocycles. The molecule has 30 N–H and O–H groups in total. The van der Waals surface area contributed by atoms with Gasteiger partial charge >= 0.3 is 0 Å². The van der Waals surface area contributed by atoms with Crippen LogP contribution in [-0.2, 0) is 85.4 Å². The van der Waals surface area contributed by atoms with Crippen LogP contribution in [-0.4, -0.2) is 490 Å². The van der Waals surface area contributed by atoms with Gasteiger partial charge in [0.25, 0.3) is 0 Å². The molecular weight excluding hydrogens is 1470 g/mol. The molecule has 0 spiro atoms. The van der Waals surface area contributed by atoms with E-state index in [2.05, 4.69) is 10.6 Å².